The van der Waals surface area contributed by atoms with Gasteiger partial charge in [-0.25, -0.2) is 14.2 Å². The number of esters is 2. The highest BCUT2D eigenvalue weighted by Gasteiger charge is 2.36. The molecule has 2 heterocycles. The molecule has 0 aromatic heterocycles. The Balaban J connectivity index is 0.000000277. The van der Waals surface area contributed by atoms with Gasteiger partial charge in [0.05, 0.1) is 39.8 Å². The van der Waals surface area contributed by atoms with Gasteiger partial charge in [0.25, 0.3) is 0 Å². The van der Waals surface area contributed by atoms with Crippen molar-refractivity contribution in [3.05, 3.63) is 128 Å². The zero-order valence-corrected chi connectivity index (χ0v) is 46.5. The summed E-state index contributed by atoms with van der Waals surface area (Å²) in [5, 5.41) is 0. The largest absolute Gasteiger partial charge is 0.496 e. The number of ether oxygens (including phenoxy) is 6. The van der Waals surface area contributed by atoms with E-state index in [9.17, 15) is 28.5 Å². The van der Waals surface area contributed by atoms with Crippen LogP contribution in [0.5, 0.6) is 34.5 Å². The third-order valence-corrected chi connectivity index (χ3v) is 17.8. The van der Waals surface area contributed by atoms with Crippen molar-refractivity contribution in [2.24, 2.45) is 0 Å². The van der Waals surface area contributed by atoms with Gasteiger partial charge in [-0.05, 0) is 88.0 Å². The Morgan fingerprint density at radius 3 is 1.33 bits per heavy atom. The van der Waals surface area contributed by atoms with E-state index in [4.69, 9.17) is 37.5 Å². The Morgan fingerprint density at radius 1 is 0.614 bits per heavy atom. The van der Waals surface area contributed by atoms with E-state index in [2.05, 4.69) is 39.3 Å². The summed E-state index contributed by atoms with van der Waals surface area (Å²) >= 11 is 0. The predicted octanol–water partition coefficient (Wildman–Crippen LogP) is 12.3. The van der Waals surface area contributed by atoms with Crippen LogP contribution in [0.2, 0.25) is 51.4 Å². The lowest BCUT2D eigenvalue weighted by atomic mass is 9.95. The first kappa shape index (κ1) is 55.8. The number of rotatable bonds is 22. The number of hydrogen-bond donors (Lipinski definition) is 2. The van der Waals surface area contributed by atoms with Gasteiger partial charge in [0, 0.05) is 38.4 Å². The van der Waals surface area contributed by atoms with Gasteiger partial charge in [0.2, 0.25) is 0 Å². The Morgan fingerprint density at radius 2 is 0.986 bits per heavy atom. The van der Waals surface area contributed by atoms with Gasteiger partial charge < -0.3 is 47.3 Å². The number of methoxy groups -OCH3 is 2. The summed E-state index contributed by atoms with van der Waals surface area (Å²) in [7, 11) is -7.31. The minimum atomic E-state index is -4.14. The standard InChI is InChI=1S/C32H39O7PSi.C20H31O7PSi/c1-23(22-40(34,38-25-13-9-7-10-14-25)39-26-15-11-8-12-16-26)17-18-27-30(35-3)24(2)28-21-37-32(33)29(28)31(27)36-19-20-41(4,5)6;1-13(12-28(22,23)24)7-8-15-18(25-3)14(2)16-11-27-20(21)17(16)19(15)26-9-10-29(4,5)6/h7-17H,18-22H2,1-6H3;7H,8-12H2,1-6H3,(H2,22,23,24)/b23-17+;13-7+. The second kappa shape index (κ2) is 23.9. The van der Waals surface area contributed by atoms with Crippen LogP contribution in [-0.2, 0) is 44.7 Å². The van der Waals surface area contributed by atoms with Crippen molar-refractivity contribution in [1.82, 2.24) is 0 Å². The fourth-order valence-electron chi connectivity index (χ4n) is 7.94. The summed E-state index contributed by atoms with van der Waals surface area (Å²) in [4.78, 5) is 43.6. The van der Waals surface area contributed by atoms with E-state index in [0.29, 0.717) is 82.8 Å². The first-order chi connectivity index (χ1) is 32.8. The summed E-state index contributed by atoms with van der Waals surface area (Å²) in [5.74, 6) is 2.39. The molecule has 0 amide bonds. The van der Waals surface area contributed by atoms with E-state index in [0.717, 1.165) is 45.5 Å². The molecule has 0 spiro atoms. The SMILES string of the molecule is COc1c(C)c2c(c(OCC[Si](C)(C)C)c1C/C=C(\C)CP(=O)(O)O)C(=O)OC2.COc1c(C)c2c(c(OCC[Si](C)(C)C)c1C/C=C(\C)CP(=O)(Oc1ccccc1)Oc1ccccc1)C(=O)OC2. The molecular formula is C52H70O14P2Si2. The van der Waals surface area contributed by atoms with Crippen LogP contribution in [-0.4, -0.2) is 77.6 Å². The van der Waals surface area contributed by atoms with Crippen molar-refractivity contribution in [2.75, 3.05) is 39.8 Å². The van der Waals surface area contributed by atoms with Gasteiger partial charge >= 0.3 is 27.1 Å². The molecule has 2 aliphatic rings. The van der Waals surface area contributed by atoms with E-state index >= 15 is 0 Å². The highest BCUT2D eigenvalue weighted by molar-refractivity contribution is 7.55. The van der Waals surface area contributed by atoms with Gasteiger partial charge in [-0.1, -0.05) is 99.0 Å². The topological polar surface area (TPSA) is 183 Å². The molecule has 0 aliphatic carbocycles. The van der Waals surface area contributed by atoms with Crippen molar-refractivity contribution in [3.63, 3.8) is 0 Å². The van der Waals surface area contributed by atoms with Crippen molar-refractivity contribution in [1.29, 1.82) is 0 Å². The average molecular weight is 1040 g/mol. The minimum Gasteiger partial charge on any atom is -0.496 e. The van der Waals surface area contributed by atoms with Crippen LogP contribution in [0.25, 0.3) is 0 Å². The fraction of sp³-hybridized carbons (Fsp3) is 0.423. The first-order valence-electron chi connectivity index (χ1n) is 23.3. The lowest BCUT2D eigenvalue weighted by Crippen LogP contribution is -2.23. The maximum absolute atomic E-state index is 14.1. The number of carbonyl (C=O) groups excluding carboxylic acids is 2. The smallest absolute Gasteiger partial charge is 0.434 e. The molecule has 14 nitrogen and oxygen atoms in total. The zero-order chi connectivity index (χ0) is 51.6. The van der Waals surface area contributed by atoms with Crippen LogP contribution < -0.4 is 28.0 Å². The summed E-state index contributed by atoms with van der Waals surface area (Å²) in [5.41, 5.74) is 7.00. The van der Waals surface area contributed by atoms with Gasteiger partial charge in [0.1, 0.15) is 58.8 Å². The normalized spacial score (nSPS) is 13.9. The van der Waals surface area contributed by atoms with Crippen molar-refractivity contribution in [2.45, 2.75) is 105 Å². The van der Waals surface area contributed by atoms with Crippen LogP contribution in [0.1, 0.15) is 67.9 Å². The molecule has 4 aromatic carbocycles. The van der Waals surface area contributed by atoms with E-state index in [1.807, 2.05) is 63.2 Å². The predicted molar refractivity (Wildman–Crippen MR) is 279 cm³/mol. The van der Waals surface area contributed by atoms with E-state index in [1.54, 1.807) is 51.5 Å². The molecule has 70 heavy (non-hydrogen) atoms. The number of para-hydroxylation sites is 2. The Labute approximate surface area is 415 Å². The Kier molecular flexibility index (Phi) is 19.1. The molecule has 18 heteroatoms. The minimum absolute atomic E-state index is 0.0664. The zero-order valence-electron chi connectivity index (χ0n) is 42.7. The van der Waals surface area contributed by atoms with E-state index < -0.39 is 37.3 Å². The number of carbonyl (C=O) groups is 2. The monoisotopic (exact) mass is 1040 g/mol. The highest BCUT2D eigenvalue weighted by atomic mass is 31.2. The maximum atomic E-state index is 14.1. The van der Waals surface area contributed by atoms with Gasteiger partial charge in [0.15, 0.2) is 0 Å². The first-order valence-corrected chi connectivity index (χ1v) is 34.3. The molecular weight excluding hydrogens is 967 g/mol. The summed E-state index contributed by atoms with van der Waals surface area (Å²) in [6.07, 6.45) is 4.19. The van der Waals surface area contributed by atoms with Crippen molar-refractivity contribution >= 4 is 43.3 Å². The van der Waals surface area contributed by atoms with Crippen LogP contribution in [0.4, 0.5) is 0 Å². The van der Waals surface area contributed by atoms with Crippen LogP contribution in [0.3, 0.4) is 0 Å². The van der Waals surface area contributed by atoms with E-state index in [-0.39, 0.29) is 31.5 Å². The summed E-state index contributed by atoms with van der Waals surface area (Å²) in [6, 6.07) is 19.9. The van der Waals surface area contributed by atoms with Gasteiger partial charge in [-0.3, -0.25) is 4.57 Å². The van der Waals surface area contributed by atoms with E-state index in [1.165, 1.54) is 0 Å². The second-order valence-electron chi connectivity index (χ2n) is 20.0. The molecule has 2 aliphatic heterocycles. The Hall–Kier alpha value is -5.09. The third-order valence-electron chi connectivity index (χ3n) is 11.6. The van der Waals surface area contributed by atoms with Crippen LogP contribution in [0, 0.1) is 13.8 Å². The van der Waals surface area contributed by atoms with Crippen LogP contribution in [0.15, 0.2) is 84.0 Å². The number of allylic oxidation sites excluding steroid dienone is 4. The Bertz CT molecular complexity index is 2620. The number of fused-ring (bicyclic) bond motifs is 2. The lowest BCUT2D eigenvalue weighted by Gasteiger charge is -2.22. The van der Waals surface area contributed by atoms with Crippen LogP contribution >= 0.6 is 15.2 Å². The molecule has 0 unspecified atom stereocenters. The molecule has 0 fully saturated rings. The molecule has 0 radical (unpaired) electrons. The average Bonchev–Trinajstić information content (AvgIpc) is 3.85. The molecule has 0 saturated heterocycles. The van der Waals surface area contributed by atoms with Crippen molar-refractivity contribution in [3.8, 4) is 34.5 Å². The molecule has 0 saturated carbocycles. The number of hydrogen-bond acceptors (Lipinski definition) is 12. The molecule has 6 rings (SSSR count). The molecule has 0 atom stereocenters. The summed E-state index contributed by atoms with van der Waals surface area (Å²) in [6.45, 7) is 22.3. The lowest BCUT2D eigenvalue weighted by molar-refractivity contribution is 0.0522. The molecule has 380 valence electrons. The maximum Gasteiger partial charge on any atom is 0.434 e. The highest BCUT2D eigenvalue weighted by Crippen LogP contribution is 2.50. The second-order valence-corrected chi connectivity index (χ2v) is 34.8. The fourth-order valence-corrected chi connectivity index (χ4v) is 11.9. The molecule has 0 bridgehead atoms. The summed E-state index contributed by atoms with van der Waals surface area (Å²) < 4.78 is 71.9. The number of cyclic esters (lactones) is 2. The molecule has 4 aromatic rings. The number of benzene rings is 4. The third kappa shape index (κ3) is 15.5. The molecule has 2 N–H and O–H groups in total. The van der Waals surface area contributed by atoms with Crippen molar-refractivity contribution < 1.29 is 66.0 Å². The van der Waals surface area contributed by atoms with Gasteiger partial charge in [-0.2, -0.15) is 0 Å². The van der Waals surface area contributed by atoms with Gasteiger partial charge in [-0.15, -0.1) is 0 Å². The quantitative estimate of drug-likeness (QED) is 0.0328.